The fourth-order valence-corrected chi connectivity index (χ4v) is 2.17. The van der Waals surface area contributed by atoms with E-state index in [1.54, 1.807) is 0 Å². The first kappa shape index (κ1) is 14.6. The molecule has 1 atom stereocenters. The maximum Gasteiger partial charge on any atom is 0.354 e. The van der Waals surface area contributed by atoms with Crippen molar-refractivity contribution in [2.24, 2.45) is 5.92 Å². The maximum atomic E-state index is 12.8. The van der Waals surface area contributed by atoms with E-state index < -0.39 is 11.9 Å². The Kier molecular flexibility index (Phi) is 4.12. The van der Waals surface area contributed by atoms with Crippen molar-refractivity contribution < 1.29 is 23.4 Å². The van der Waals surface area contributed by atoms with Crippen LogP contribution in [0.4, 0.5) is 14.7 Å². The Morgan fingerprint density at radius 2 is 2.35 bits per heavy atom. The van der Waals surface area contributed by atoms with Crippen LogP contribution in [0.1, 0.15) is 23.3 Å². The summed E-state index contributed by atoms with van der Waals surface area (Å²) in [5, 5.41) is 11.6. The van der Waals surface area contributed by atoms with Crippen molar-refractivity contribution in [1.82, 2.24) is 9.97 Å². The topological polar surface area (TPSA) is 84.3 Å². The largest absolute Gasteiger partial charge is 0.477 e. The molecule has 0 aliphatic heterocycles. The van der Waals surface area contributed by atoms with E-state index in [2.05, 4.69) is 15.3 Å². The third-order valence-corrected chi connectivity index (χ3v) is 3.29. The van der Waals surface area contributed by atoms with Gasteiger partial charge in [0.15, 0.2) is 5.69 Å². The molecule has 6 nitrogen and oxygen atoms in total. The lowest BCUT2D eigenvalue weighted by Gasteiger charge is -2.39. The van der Waals surface area contributed by atoms with Crippen molar-refractivity contribution in [2.45, 2.75) is 24.9 Å². The van der Waals surface area contributed by atoms with Crippen molar-refractivity contribution in [3.8, 4) is 0 Å². The van der Waals surface area contributed by atoms with Gasteiger partial charge in [-0.05, 0) is 12.0 Å². The highest BCUT2D eigenvalue weighted by molar-refractivity contribution is 5.85. The van der Waals surface area contributed by atoms with E-state index in [9.17, 15) is 13.6 Å². The van der Waals surface area contributed by atoms with Gasteiger partial charge in [0.05, 0.1) is 6.10 Å². The summed E-state index contributed by atoms with van der Waals surface area (Å²) in [4.78, 5) is 18.4. The van der Waals surface area contributed by atoms with Crippen LogP contribution in [0, 0.1) is 5.92 Å². The number of ether oxygens (including phenoxy) is 1. The van der Waals surface area contributed by atoms with Gasteiger partial charge in [0, 0.05) is 32.7 Å². The number of carboxylic acid groups (broad SMARTS) is 1. The number of nitrogens with zero attached hydrogens (tertiary/aromatic N) is 2. The van der Waals surface area contributed by atoms with Gasteiger partial charge in [-0.3, -0.25) is 0 Å². The smallest absolute Gasteiger partial charge is 0.354 e. The summed E-state index contributed by atoms with van der Waals surface area (Å²) in [7, 11) is 1.46. The van der Waals surface area contributed by atoms with Gasteiger partial charge in [0.2, 0.25) is 11.9 Å². The molecule has 0 saturated heterocycles. The molecule has 1 aliphatic rings. The number of carbonyl (C=O) groups is 1. The number of nitrogens with one attached hydrogen (secondary N) is 1. The van der Waals surface area contributed by atoms with Gasteiger partial charge in [-0.25, -0.2) is 23.5 Å². The number of hydrogen-bond acceptors (Lipinski definition) is 5. The molecule has 0 aromatic carbocycles. The molecule has 1 unspecified atom stereocenters. The quantitative estimate of drug-likeness (QED) is 0.827. The summed E-state index contributed by atoms with van der Waals surface area (Å²) in [6, 6.07) is 1.27. The average molecular weight is 287 g/mol. The highest BCUT2D eigenvalue weighted by Gasteiger charge is 2.48. The fourth-order valence-electron chi connectivity index (χ4n) is 2.17. The molecule has 0 radical (unpaired) electrons. The van der Waals surface area contributed by atoms with Gasteiger partial charge in [0.1, 0.15) is 0 Å². The van der Waals surface area contributed by atoms with E-state index in [0.29, 0.717) is 0 Å². The van der Waals surface area contributed by atoms with Crippen molar-refractivity contribution in [3.63, 3.8) is 0 Å². The molecule has 2 rings (SSSR count). The van der Waals surface area contributed by atoms with Crippen LogP contribution in [0.5, 0.6) is 0 Å². The van der Waals surface area contributed by atoms with Crippen LogP contribution in [0.25, 0.3) is 0 Å². The predicted octanol–water partition coefficient (Wildman–Crippen LogP) is 1.65. The number of methoxy groups -OCH3 is 1. The van der Waals surface area contributed by atoms with E-state index in [1.165, 1.54) is 19.4 Å². The fraction of sp³-hybridized carbons (Fsp3) is 0.583. The highest BCUT2D eigenvalue weighted by Crippen LogP contribution is 2.44. The molecular weight excluding hydrogens is 272 g/mol. The second-order valence-corrected chi connectivity index (χ2v) is 4.75. The highest BCUT2D eigenvalue weighted by atomic mass is 19.3. The molecule has 2 N–H and O–H groups in total. The standard InChI is InChI=1S/C12H15F2N3O3/c1-20-9(7-4-12(13,14)5-7)6-16-11-15-3-2-8(17-11)10(18)19/h2-3,7,9H,4-6H2,1H3,(H,18,19)(H,15,16,17). The van der Waals surface area contributed by atoms with Crippen LogP contribution < -0.4 is 5.32 Å². The van der Waals surface area contributed by atoms with Crippen LogP contribution in [-0.2, 0) is 4.74 Å². The number of aromatic carboxylic acids is 1. The van der Waals surface area contributed by atoms with Gasteiger partial charge < -0.3 is 15.2 Å². The van der Waals surface area contributed by atoms with Gasteiger partial charge in [0.25, 0.3) is 0 Å². The van der Waals surface area contributed by atoms with Crippen molar-refractivity contribution in [1.29, 1.82) is 0 Å². The van der Waals surface area contributed by atoms with Gasteiger partial charge in [-0.2, -0.15) is 0 Å². The summed E-state index contributed by atoms with van der Waals surface area (Å²) < 4.78 is 30.8. The molecule has 1 aromatic rings. The maximum absolute atomic E-state index is 12.8. The number of rotatable bonds is 6. The molecule has 1 aromatic heterocycles. The Morgan fingerprint density at radius 3 is 2.90 bits per heavy atom. The molecule has 0 bridgehead atoms. The summed E-state index contributed by atoms with van der Waals surface area (Å²) in [6.45, 7) is 0.250. The van der Waals surface area contributed by atoms with Gasteiger partial charge in [-0.15, -0.1) is 0 Å². The van der Waals surface area contributed by atoms with Crippen molar-refractivity contribution >= 4 is 11.9 Å². The molecular formula is C12H15F2N3O3. The number of halogens is 2. The van der Waals surface area contributed by atoms with Crippen LogP contribution >= 0.6 is 0 Å². The average Bonchev–Trinajstić information content (AvgIpc) is 2.37. The van der Waals surface area contributed by atoms with E-state index in [1.807, 2.05) is 0 Å². The second kappa shape index (κ2) is 5.66. The lowest BCUT2D eigenvalue weighted by Crippen LogP contribution is -2.45. The molecule has 0 amide bonds. The number of anilines is 1. The van der Waals surface area contributed by atoms with Crippen LogP contribution in [-0.4, -0.2) is 46.7 Å². The summed E-state index contributed by atoms with van der Waals surface area (Å²) in [6.07, 6.45) is 0.552. The minimum atomic E-state index is -2.60. The SMILES string of the molecule is COC(CNc1nccc(C(=O)O)n1)C1CC(F)(F)C1. The first-order valence-electron chi connectivity index (χ1n) is 6.12. The van der Waals surface area contributed by atoms with E-state index >= 15 is 0 Å². The van der Waals surface area contributed by atoms with Crippen molar-refractivity contribution in [2.75, 3.05) is 19.0 Å². The zero-order chi connectivity index (χ0) is 14.8. The lowest BCUT2D eigenvalue weighted by atomic mass is 9.77. The Balaban J connectivity index is 1.90. The molecule has 110 valence electrons. The number of carboxylic acids is 1. The van der Waals surface area contributed by atoms with E-state index in [4.69, 9.17) is 9.84 Å². The third-order valence-electron chi connectivity index (χ3n) is 3.29. The molecule has 1 heterocycles. The minimum Gasteiger partial charge on any atom is -0.477 e. The molecule has 1 aliphatic carbocycles. The van der Waals surface area contributed by atoms with Crippen molar-refractivity contribution in [3.05, 3.63) is 18.0 Å². The zero-order valence-electron chi connectivity index (χ0n) is 10.8. The summed E-state index contributed by atoms with van der Waals surface area (Å²) in [5.41, 5.74) is -0.133. The van der Waals surface area contributed by atoms with Gasteiger partial charge in [-0.1, -0.05) is 0 Å². The molecule has 20 heavy (non-hydrogen) atoms. The van der Waals surface area contributed by atoms with E-state index in [0.717, 1.165) is 0 Å². The zero-order valence-corrected chi connectivity index (χ0v) is 10.8. The summed E-state index contributed by atoms with van der Waals surface area (Å²) >= 11 is 0. The Hall–Kier alpha value is -1.83. The number of alkyl halides is 2. The monoisotopic (exact) mass is 287 g/mol. The first-order valence-corrected chi connectivity index (χ1v) is 6.12. The molecule has 1 saturated carbocycles. The Bertz CT molecular complexity index is 491. The third kappa shape index (κ3) is 3.38. The number of aromatic nitrogens is 2. The normalized spacial score (nSPS) is 19.1. The van der Waals surface area contributed by atoms with Crippen LogP contribution in [0.2, 0.25) is 0 Å². The van der Waals surface area contributed by atoms with E-state index in [-0.39, 0.29) is 43.1 Å². The molecule has 1 fully saturated rings. The first-order chi connectivity index (χ1) is 9.41. The predicted molar refractivity (Wildman–Crippen MR) is 65.9 cm³/mol. The Labute approximate surface area is 114 Å². The minimum absolute atomic E-state index is 0.133. The van der Waals surface area contributed by atoms with Crippen LogP contribution in [0.3, 0.4) is 0 Å². The molecule has 8 heteroatoms. The van der Waals surface area contributed by atoms with Crippen LogP contribution in [0.15, 0.2) is 12.3 Å². The van der Waals surface area contributed by atoms with Gasteiger partial charge >= 0.3 is 5.97 Å². The Morgan fingerprint density at radius 1 is 1.65 bits per heavy atom. The lowest BCUT2D eigenvalue weighted by molar-refractivity contribution is -0.144. The molecule has 0 spiro atoms. The summed E-state index contributed by atoms with van der Waals surface area (Å²) in [5.74, 6) is -3.83. The number of hydrogen-bond donors (Lipinski definition) is 2. The second-order valence-electron chi connectivity index (χ2n) is 4.75.